The van der Waals surface area contributed by atoms with Gasteiger partial charge in [0.05, 0.1) is 29.2 Å². The summed E-state index contributed by atoms with van der Waals surface area (Å²) in [7, 11) is 0. The van der Waals surface area contributed by atoms with E-state index in [0.29, 0.717) is 23.5 Å². The average Bonchev–Trinajstić information content (AvgIpc) is 2.76. The van der Waals surface area contributed by atoms with Crippen molar-refractivity contribution in [1.82, 2.24) is 15.2 Å². The summed E-state index contributed by atoms with van der Waals surface area (Å²) in [4.78, 5) is 6.64. The van der Waals surface area contributed by atoms with Crippen LogP contribution in [0.3, 0.4) is 0 Å². The van der Waals surface area contributed by atoms with Gasteiger partial charge >= 0.3 is 0 Å². The minimum Gasteiger partial charge on any atom is -0.352 e. The molecule has 3 aromatic rings. The van der Waals surface area contributed by atoms with Gasteiger partial charge in [0.15, 0.2) is 11.5 Å². The Bertz CT molecular complexity index is 1220. The average molecular weight is 399 g/mol. The van der Waals surface area contributed by atoms with Gasteiger partial charge in [-0.1, -0.05) is 0 Å². The monoisotopic (exact) mass is 399 g/mol. The van der Waals surface area contributed by atoms with E-state index in [0.717, 1.165) is 41.2 Å². The molecule has 1 aromatic carbocycles. The Morgan fingerprint density at radius 3 is 2.70 bits per heavy atom. The summed E-state index contributed by atoms with van der Waals surface area (Å²) in [5.74, 6) is 0.315. The summed E-state index contributed by atoms with van der Waals surface area (Å²) in [6.07, 6.45) is 2.41. The topological polar surface area (TPSA) is 102 Å². The van der Waals surface area contributed by atoms with Crippen molar-refractivity contribution >= 4 is 17.2 Å². The molecular weight excluding hydrogens is 381 g/mol. The molecule has 3 heterocycles. The van der Waals surface area contributed by atoms with Crippen LogP contribution in [0.1, 0.15) is 33.6 Å². The number of hydrogen-bond acceptors (Lipinski definition) is 7. The Labute approximate surface area is 173 Å². The highest BCUT2D eigenvalue weighted by Crippen LogP contribution is 2.29. The van der Waals surface area contributed by atoms with Gasteiger partial charge in [-0.3, -0.25) is 4.98 Å². The van der Waals surface area contributed by atoms with E-state index in [1.807, 2.05) is 26.0 Å². The fourth-order valence-corrected chi connectivity index (χ4v) is 3.52. The fraction of sp³-hybridized carbons (Fsp3) is 0.227. The summed E-state index contributed by atoms with van der Waals surface area (Å²) in [5.41, 5.74) is 5.34. The van der Waals surface area contributed by atoms with Crippen LogP contribution in [0.4, 0.5) is 21.6 Å². The van der Waals surface area contributed by atoms with Crippen LogP contribution >= 0.6 is 0 Å². The maximum atomic E-state index is 14.1. The van der Waals surface area contributed by atoms with Gasteiger partial charge in [-0.25, -0.2) is 4.39 Å². The van der Waals surface area contributed by atoms with Crippen LogP contribution in [0.5, 0.6) is 0 Å². The second-order valence-electron chi connectivity index (χ2n) is 7.17. The Morgan fingerprint density at radius 2 is 1.93 bits per heavy atom. The number of pyridine rings is 1. The summed E-state index contributed by atoms with van der Waals surface area (Å²) in [6.45, 7) is 5.14. The van der Waals surface area contributed by atoms with E-state index >= 15 is 0 Å². The number of nitrogens with zero attached hydrogens (tertiary/aromatic N) is 6. The van der Waals surface area contributed by atoms with E-state index in [1.54, 1.807) is 6.20 Å². The van der Waals surface area contributed by atoms with Gasteiger partial charge in [0.2, 0.25) is 0 Å². The van der Waals surface area contributed by atoms with Gasteiger partial charge in [0.25, 0.3) is 0 Å². The molecule has 8 heteroatoms. The first kappa shape index (κ1) is 19.3. The van der Waals surface area contributed by atoms with Gasteiger partial charge in [0, 0.05) is 25.2 Å². The molecule has 148 valence electrons. The molecule has 1 N–H and O–H groups in total. The van der Waals surface area contributed by atoms with E-state index < -0.39 is 5.82 Å². The number of hydrogen-bond donors (Lipinski definition) is 1. The number of rotatable bonds is 3. The molecule has 0 atom stereocenters. The van der Waals surface area contributed by atoms with Crippen LogP contribution in [0, 0.1) is 42.3 Å². The molecule has 0 spiro atoms. The molecule has 7 nitrogen and oxygen atoms in total. The van der Waals surface area contributed by atoms with E-state index in [9.17, 15) is 4.39 Å². The summed E-state index contributed by atoms with van der Waals surface area (Å²) in [6, 6.07) is 10.2. The van der Waals surface area contributed by atoms with Crippen molar-refractivity contribution in [2.45, 2.75) is 26.8 Å². The van der Waals surface area contributed by atoms with Crippen molar-refractivity contribution in [2.24, 2.45) is 0 Å². The van der Waals surface area contributed by atoms with Crippen molar-refractivity contribution in [3.05, 3.63) is 69.9 Å². The number of nitriles is 2. The first-order valence-electron chi connectivity index (χ1n) is 9.43. The Balaban J connectivity index is 1.61. The zero-order valence-corrected chi connectivity index (χ0v) is 16.6. The van der Waals surface area contributed by atoms with E-state index in [-0.39, 0.29) is 5.69 Å². The largest absolute Gasteiger partial charge is 0.352 e. The molecule has 1 aliphatic rings. The Kier molecular flexibility index (Phi) is 4.99. The van der Waals surface area contributed by atoms with Crippen molar-refractivity contribution in [3.63, 3.8) is 0 Å². The maximum absolute atomic E-state index is 14.1. The lowest BCUT2D eigenvalue weighted by Gasteiger charge is -2.30. The quantitative estimate of drug-likeness (QED) is 0.717. The van der Waals surface area contributed by atoms with Crippen molar-refractivity contribution < 1.29 is 4.39 Å². The second-order valence-corrected chi connectivity index (χ2v) is 7.17. The van der Waals surface area contributed by atoms with Crippen molar-refractivity contribution in [3.8, 4) is 12.1 Å². The van der Waals surface area contributed by atoms with Gasteiger partial charge in [0.1, 0.15) is 11.9 Å². The van der Waals surface area contributed by atoms with Crippen LogP contribution in [0.15, 0.2) is 30.5 Å². The van der Waals surface area contributed by atoms with Gasteiger partial charge in [-0.2, -0.15) is 10.5 Å². The maximum Gasteiger partial charge on any atom is 0.166 e. The lowest BCUT2D eigenvalue weighted by molar-refractivity contribution is 0.631. The molecule has 0 saturated heterocycles. The molecule has 0 fully saturated rings. The predicted octanol–water partition coefficient (Wildman–Crippen LogP) is 3.68. The molecule has 0 aliphatic carbocycles. The SMILES string of the molecule is Cc1c(C#N)nnc(N2CCc3ncc(Nc4cc(C#N)ccc4F)cc3C2)c1C. The highest BCUT2D eigenvalue weighted by molar-refractivity contribution is 5.63. The zero-order valence-electron chi connectivity index (χ0n) is 16.6. The minimum absolute atomic E-state index is 0.230. The van der Waals surface area contributed by atoms with Crippen LogP contribution in [0.2, 0.25) is 0 Å². The van der Waals surface area contributed by atoms with Gasteiger partial charge in [-0.05, 0) is 54.8 Å². The molecular formula is C22H18FN7. The summed E-state index contributed by atoms with van der Waals surface area (Å²) >= 11 is 0. The van der Waals surface area contributed by atoms with Crippen molar-refractivity contribution in [1.29, 1.82) is 10.5 Å². The first-order chi connectivity index (χ1) is 14.5. The van der Waals surface area contributed by atoms with Crippen LogP contribution in [0.25, 0.3) is 0 Å². The highest BCUT2D eigenvalue weighted by Gasteiger charge is 2.22. The molecule has 0 bridgehead atoms. The fourth-order valence-electron chi connectivity index (χ4n) is 3.52. The third-order valence-corrected chi connectivity index (χ3v) is 5.32. The third kappa shape index (κ3) is 3.51. The number of halogens is 1. The number of aromatic nitrogens is 3. The Hall–Kier alpha value is -4.04. The van der Waals surface area contributed by atoms with E-state index in [1.165, 1.54) is 18.2 Å². The van der Waals surface area contributed by atoms with E-state index in [4.69, 9.17) is 10.5 Å². The molecule has 1 aliphatic heterocycles. The molecule has 0 saturated carbocycles. The Morgan fingerprint density at radius 1 is 1.10 bits per heavy atom. The number of benzene rings is 1. The molecule has 2 aromatic heterocycles. The van der Waals surface area contributed by atoms with E-state index in [2.05, 4.69) is 31.5 Å². The molecule has 30 heavy (non-hydrogen) atoms. The molecule has 0 radical (unpaired) electrons. The predicted molar refractivity (Wildman–Crippen MR) is 110 cm³/mol. The highest BCUT2D eigenvalue weighted by atomic mass is 19.1. The van der Waals surface area contributed by atoms with Gasteiger partial charge < -0.3 is 10.2 Å². The lowest BCUT2D eigenvalue weighted by Crippen LogP contribution is -2.32. The van der Waals surface area contributed by atoms with Crippen LogP contribution in [-0.2, 0) is 13.0 Å². The minimum atomic E-state index is -0.438. The third-order valence-electron chi connectivity index (χ3n) is 5.32. The first-order valence-corrected chi connectivity index (χ1v) is 9.43. The smallest absolute Gasteiger partial charge is 0.166 e. The van der Waals surface area contributed by atoms with Crippen LogP contribution in [-0.4, -0.2) is 21.7 Å². The second kappa shape index (κ2) is 7.76. The zero-order chi connectivity index (χ0) is 21.3. The summed E-state index contributed by atoms with van der Waals surface area (Å²) < 4.78 is 14.1. The molecule has 0 unspecified atom stereocenters. The number of nitrogens with one attached hydrogen (secondary N) is 1. The van der Waals surface area contributed by atoms with Gasteiger partial charge in [-0.15, -0.1) is 10.2 Å². The van der Waals surface area contributed by atoms with Crippen LogP contribution < -0.4 is 10.2 Å². The standard InChI is InChI=1S/C22H18FN7/c1-13-14(2)22(29-28-21(13)10-25)30-6-5-19-16(12-30)8-17(11-26-19)27-20-7-15(9-24)3-4-18(20)23/h3-4,7-8,11,27H,5-6,12H2,1-2H3. The normalized spacial score (nSPS) is 12.6. The number of fused-ring (bicyclic) bond motifs is 1. The lowest BCUT2D eigenvalue weighted by atomic mass is 10.0. The van der Waals surface area contributed by atoms with Crippen molar-refractivity contribution in [2.75, 3.05) is 16.8 Å². The molecule has 4 rings (SSSR count). The number of anilines is 3. The summed E-state index contributed by atoms with van der Waals surface area (Å²) in [5, 5.41) is 29.5. The molecule has 0 amide bonds.